The quantitative estimate of drug-likeness (QED) is 0.892. The average molecular weight is 279 g/mol. The number of ether oxygens (including phenoxy) is 1. The molecular formula is C13H21N5O2. The van der Waals surface area contributed by atoms with Crippen LogP contribution in [-0.4, -0.2) is 61.8 Å². The van der Waals surface area contributed by atoms with Gasteiger partial charge in [-0.25, -0.2) is 14.8 Å². The second-order valence-corrected chi connectivity index (χ2v) is 5.20. The molecule has 7 heteroatoms. The minimum absolute atomic E-state index is 0.166. The Morgan fingerprint density at radius 3 is 2.90 bits per heavy atom. The predicted molar refractivity (Wildman–Crippen MR) is 76.9 cm³/mol. The van der Waals surface area contributed by atoms with Crippen LogP contribution in [0.5, 0.6) is 0 Å². The first-order chi connectivity index (χ1) is 9.56. The summed E-state index contributed by atoms with van der Waals surface area (Å²) in [4.78, 5) is 23.8. The highest BCUT2D eigenvalue weighted by atomic mass is 16.5. The lowest BCUT2D eigenvalue weighted by molar-refractivity contribution is 0.175. The van der Waals surface area contributed by atoms with Crippen molar-refractivity contribution in [3.63, 3.8) is 0 Å². The number of nitrogens with zero attached hydrogens (tertiary/aromatic N) is 4. The van der Waals surface area contributed by atoms with Gasteiger partial charge in [0.25, 0.3) is 0 Å². The first-order valence-electron chi connectivity index (χ1n) is 6.65. The molecular weight excluding hydrogens is 258 g/mol. The van der Waals surface area contributed by atoms with Gasteiger partial charge in [0.05, 0.1) is 6.61 Å². The van der Waals surface area contributed by atoms with E-state index in [1.54, 1.807) is 18.0 Å². The zero-order chi connectivity index (χ0) is 14.5. The summed E-state index contributed by atoms with van der Waals surface area (Å²) < 4.78 is 5.31. The van der Waals surface area contributed by atoms with Crippen molar-refractivity contribution in [2.45, 2.75) is 6.42 Å². The van der Waals surface area contributed by atoms with E-state index in [2.05, 4.69) is 15.3 Å². The molecule has 0 bridgehead atoms. The molecule has 1 N–H and O–H groups in total. The van der Waals surface area contributed by atoms with Gasteiger partial charge in [0.15, 0.2) is 0 Å². The lowest BCUT2D eigenvalue weighted by Gasteiger charge is -2.20. The van der Waals surface area contributed by atoms with E-state index in [0.29, 0.717) is 18.3 Å². The second-order valence-electron chi connectivity index (χ2n) is 5.20. The summed E-state index contributed by atoms with van der Waals surface area (Å²) in [7, 11) is 5.56. The molecule has 1 aliphatic rings. The van der Waals surface area contributed by atoms with E-state index in [4.69, 9.17) is 4.74 Å². The van der Waals surface area contributed by atoms with Crippen molar-refractivity contribution >= 4 is 17.7 Å². The van der Waals surface area contributed by atoms with Crippen LogP contribution in [-0.2, 0) is 4.74 Å². The van der Waals surface area contributed by atoms with Crippen molar-refractivity contribution < 1.29 is 9.53 Å². The molecule has 1 fully saturated rings. The highest BCUT2D eigenvalue weighted by molar-refractivity contribution is 5.88. The summed E-state index contributed by atoms with van der Waals surface area (Å²) >= 11 is 0. The number of urea groups is 1. The Labute approximate surface area is 118 Å². The van der Waals surface area contributed by atoms with Crippen molar-refractivity contribution in [1.82, 2.24) is 14.9 Å². The molecule has 0 spiro atoms. The fourth-order valence-electron chi connectivity index (χ4n) is 2.06. The van der Waals surface area contributed by atoms with Crippen LogP contribution in [0.2, 0.25) is 0 Å². The number of hydrogen-bond donors (Lipinski definition) is 1. The van der Waals surface area contributed by atoms with E-state index in [-0.39, 0.29) is 6.03 Å². The number of rotatable bonds is 4. The summed E-state index contributed by atoms with van der Waals surface area (Å²) in [5.41, 5.74) is 0. The summed E-state index contributed by atoms with van der Waals surface area (Å²) in [6.07, 6.45) is 2.45. The molecule has 0 radical (unpaired) electrons. The third-order valence-corrected chi connectivity index (χ3v) is 3.25. The molecule has 7 nitrogen and oxygen atoms in total. The summed E-state index contributed by atoms with van der Waals surface area (Å²) in [6.45, 7) is 2.21. The van der Waals surface area contributed by atoms with E-state index < -0.39 is 0 Å². The van der Waals surface area contributed by atoms with Gasteiger partial charge < -0.3 is 14.5 Å². The Hall–Kier alpha value is -1.89. The topological polar surface area (TPSA) is 70.6 Å². The number of nitrogens with one attached hydrogen (secondary N) is 1. The normalized spacial score (nSPS) is 17.9. The third kappa shape index (κ3) is 3.80. The Morgan fingerprint density at radius 1 is 1.45 bits per heavy atom. The van der Waals surface area contributed by atoms with Crippen LogP contribution in [0, 0.1) is 5.92 Å². The predicted octanol–water partition coefficient (Wildman–Crippen LogP) is 1.04. The molecule has 2 rings (SSSR count). The van der Waals surface area contributed by atoms with Gasteiger partial charge in [-0.2, -0.15) is 0 Å². The molecule has 2 amide bonds. The Morgan fingerprint density at radius 2 is 2.25 bits per heavy atom. The molecule has 1 aromatic heterocycles. The molecule has 1 saturated heterocycles. The molecule has 1 atom stereocenters. The van der Waals surface area contributed by atoms with E-state index in [9.17, 15) is 4.79 Å². The van der Waals surface area contributed by atoms with Crippen molar-refractivity contribution in [2.24, 2.45) is 5.92 Å². The van der Waals surface area contributed by atoms with Crippen molar-refractivity contribution in [3.8, 4) is 0 Å². The number of hydrogen-bond acceptors (Lipinski definition) is 5. The highest BCUT2D eigenvalue weighted by Gasteiger charge is 2.20. The summed E-state index contributed by atoms with van der Waals surface area (Å²) in [6, 6.07) is 1.57. The van der Waals surface area contributed by atoms with Gasteiger partial charge in [-0.05, 0) is 6.42 Å². The minimum atomic E-state index is -0.166. The number of carbonyl (C=O) groups excluding carboxylic acids is 1. The van der Waals surface area contributed by atoms with E-state index in [1.165, 1.54) is 6.33 Å². The first-order valence-corrected chi connectivity index (χ1v) is 6.65. The molecule has 0 aromatic carbocycles. The SMILES string of the molecule is CN(CC1CCOC1)C(=O)Nc1cc(N(C)C)ncn1. The molecule has 1 aliphatic heterocycles. The van der Waals surface area contributed by atoms with Crippen LogP contribution in [0.1, 0.15) is 6.42 Å². The number of carbonyl (C=O) groups is 1. The average Bonchev–Trinajstić information content (AvgIpc) is 2.91. The molecule has 110 valence electrons. The molecule has 1 unspecified atom stereocenters. The summed E-state index contributed by atoms with van der Waals surface area (Å²) in [5.74, 6) is 1.68. The molecule has 2 heterocycles. The van der Waals surface area contributed by atoms with Crippen LogP contribution in [0.4, 0.5) is 16.4 Å². The largest absolute Gasteiger partial charge is 0.381 e. The van der Waals surface area contributed by atoms with Crippen LogP contribution in [0.3, 0.4) is 0 Å². The summed E-state index contributed by atoms with van der Waals surface area (Å²) in [5, 5.41) is 2.78. The van der Waals surface area contributed by atoms with Crippen LogP contribution in [0.25, 0.3) is 0 Å². The monoisotopic (exact) mass is 279 g/mol. The first kappa shape index (κ1) is 14.5. The minimum Gasteiger partial charge on any atom is -0.381 e. The number of amides is 2. The maximum Gasteiger partial charge on any atom is 0.322 e. The molecule has 0 saturated carbocycles. The number of anilines is 2. The molecule has 1 aromatic rings. The smallest absolute Gasteiger partial charge is 0.322 e. The van der Waals surface area contributed by atoms with Gasteiger partial charge >= 0.3 is 6.03 Å². The standard InChI is InChI=1S/C13H21N5O2/c1-17(2)12-6-11(14-9-15-12)16-13(19)18(3)7-10-4-5-20-8-10/h6,9-10H,4-5,7-8H2,1-3H3,(H,14,15,16,19). The zero-order valence-electron chi connectivity index (χ0n) is 12.2. The van der Waals surface area contributed by atoms with E-state index in [1.807, 2.05) is 19.0 Å². The van der Waals surface area contributed by atoms with Gasteiger partial charge in [0, 0.05) is 46.3 Å². The fourth-order valence-corrected chi connectivity index (χ4v) is 2.06. The van der Waals surface area contributed by atoms with Gasteiger partial charge in [-0.15, -0.1) is 0 Å². The van der Waals surface area contributed by atoms with Gasteiger partial charge in [-0.1, -0.05) is 0 Å². The maximum absolute atomic E-state index is 12.1. The van der Waals surface area contributed by atoms with Crippen LogP contribution >= 0.6 is 0 Å². The van der Waals surface area contributed by atoms with Gasteiger partial charge in [-0.3, -0.25) is 5.32 Å². The van der Waals surface area contributed by atoms with E-state index >= 15 is 0 Å². The Bertz CT molecular complexity index is 460. The van der Waals surface area contributed by atoms with Crippen molar-refractivity contribution in [2.75, 3.05) is 51.1 Å². The fraction of sp³-hybridized carbons (Fsp3) is 0.615. The third-order valence-electron chi connectivity index (χ3n) is 3.25. The highest BCUT2D eigenvalue weighted by Crippen LogP contribution is 2.15. The van der Waals surface area contributed by atoms with Gasteiger partial charge in [0.1, 0.15) is 18.0 Å². The Balaban J connectivity index is 1.91. The molecule has 0 aliphatic carbocycles. The van der Waals surface area contributed by atoms with E-state index in [0.717, 1.165) is 25.5 Å². The maximum atomic E-state index is 12.1. The number of aromatic nitrogens is 2. The van der Waals surface area contributed by atoms with Gasteiger partial charge in [0.2, 0.25) is 0 Å². The lowest BCUT2D eigenvalue weighted by atomic mass is 10.1. The van der Waals surface area contributed by atoms with Crippen LogP contribution < -0.4 is 10.2 Å². The van der Waals surface area contributed by atoms with Crippen molar-refractivity contribution in [1.29, 1.82) is 0 Å². The van der Waals surface area contributed by atoms with Crippen LogP contribution in [0.15, 0.2) is 12.4 Å². The van der Waals surface area contributed by atoms with Crippen molar-refractivity contribution in [3.05, 3.63) is 12.4 Å². The Kier molecular flexibility index (Phi) is 4.73. The lowest BCUT2D eigenvalue weighted by Crippen LogP contribution is -2.35. The second kappa shape index (κ2) is 6.51. The zero-order valence-corrected chi connectivity index (χ0v) is 12.2. The molecule has 20 heavy (non-hydrogen) atoms.